The highest BCUT2D eigenvalue weighted by atomic mass is 32.1. The molecule has 1 aliphatic carbocycles. The van der Waals surface area contributed by atoms with E-state index < -0.39 is 0 Å². The quantitative estimate of drug-likeness (QED) is 0.162. The first-order valence-corrected chi connectivity index (χ1v) is 21.8. The Labute approximate surface area is 344 Å². The molecule has 10 rings (SSSR count). The molecule has 0 atom stereocenters. The highest BCUT2D eigenvalue weighted by Gasteiger charge is 2.47. The van der Waals surface area contributed by atoms with E-state index in [2.05, 4.69) is 195 Å². The monoisotopic (exact) mass is 762 g/mol. The van der Waals surface area contributed by atoms with Crippen molar-refractivity contribution < 1.29 is 0 Å². The zero-order chi connectivity index (χ0) is 40.0. The zero-order valence-electron chi connectivity index (χ0n) is 35.7. The van der Waals surface area contributed by atoms with Crippen LogP contribution in [-0.2, 0) is 21.7 Å². The first-order valence-electron chi connectivity index (χ1n) is 21.0. The minimum absolute atomic E-state index is 0.00741. The van der Waals surface area contributed by atoms with Crippen molar-refractivity contribution in [1.29, 1.82) is 0 Å². The van der Waals surface area contributed by atoms with Crippen LogP contribution in [0.1, 0.15) is 110 Å². The number of thiophene rings is 1. The van der Waals surface area contributed by atoms with Crippen LogP contribution in [0.4, 0.5) is 34.1 Å². The molecule has 7 aromatic rings. The molecule has 0 bridgehead atoms. The van der Waals surface area contributed by atoms with E-state index in [1.165, 1.54) is 111 Å². The van der Waals surface area contributed by atoms with Gasteiger partial charge in [-0.05, 0) is 134 Å². The molecule has 0 amide bonds. The molecule has 0 saturated heterocycles. The normalized spacial score (nSPS) is 16.7. The van der Waals surface area contributed by atoms with E-state index in [0.29, 0.717) is 0 Å². The van der Waals surface area contributed by atoms with E-state index in [-0.39, 0.29) is 28.4 Å². The van der Waals surface area contributed by atoms with Gasteiger partial charge in [-0.25, -0.2) is 0 Å². The molecule has 57 heavy (non-hydrogen) atoms. The van der Waals surface area contributed by atoms with E-state index in [9.17, 15) is 0 Å². The van der Waals surface area contributed by atoms with E-state index >= 15 is 0 Å². The maximum Gasteiger partial charge on any atom is 0.264 e. The Bertz CT molecular complexity index is 2780. The van der Waals surface area contributed by atoms with Gasteiger partial charge in [0.2, 0.25) is 0 Å². The molecule has 286 valence electrons. The molecule has 2 aliphatic heterocycles. The largest absolute Gasteiger partial charge is 0.311 e. The van der Waals surface area contributed by atoms with Crippen LogP contribution in [0.25, 0.3) is 20.9 Å². The number of hydrogen-bond acceptors (Lipinski definition) is 3. The number of benzene rings is 6. The topological polar surface area (TPSA) is 6.48 Å². The van der Waals surface area contributed by atoms with E-state index in [1.54, 1.807) is 0 Å². The van der Waals surface area contributed by atoms with Gasteiger partial charge in [0.15, 0.2) is 0 Å². The zero-order valence-corrected chi connectivity index (χ0v) is 36.5. The molecule has 0 spiro atoms. The predicted octanol–water partition coefficient (Wildman–Crippen LogP) is 13.4. The molecule has 0 N–H and O–H groups in total. The number of hydrogen-bond donors (Lipinski definition) is 0. The summed E-state index contributed by atoms with van der Waals surface area (Å²) in [5, 5.41) is 3.93. The maximum absolute atomic E-state index is 2.67. The molecule has 0 radical (unpaired) electrons. The van der Waals surface area contributed by atoms with Crippen molar-refractivity contribution in [2.24, 2.45) is 0 Å². The lowest BCUT2D eigenvalue weighted by Crippen LogP contribution is -2.60. The molecule has 6 aromatic carbocycles. The van der Waals surface area contributed by atoms with Crippen molar-refractivity contribution in [3.63, 3.8) is 0 Å². The molecule has 0 fully saturated rings. The Morgan fingerprint density at radius 1 is 0.579 bits per heavy atom. The molecular formula is C53H55BN2S. The lowest BCUT2D eigenvalue weighted by atomic mass is 9.36. The highest BCUT2D eigenvalue weighted by molar-refractivity contribution is 7.33. The van der Waals surface area contributed by atoms with Gasteiger partial charge in [-0.1, -0.05) is 130 Å². The van der Waals surface area contributed by atoms with Crippen LogP contribution >= 0.6 is 11.3 Å². The summed E-state index contributed by atoms with van der Waals surface area (Å²) in [5.41, 5.74) is 17.8. The van der Waals surface area contributed by atoms with E-state index in [0.717, 1.165) is 0 Å². The second-order valence-corrected chi connectivity index (χ2v) is 21.7. The Hall–Kier alpha value is -4.80. The van der Waals surface area contributed by atoms with Crippen molar-refractivity contribution in [1.82, 2.24) is 0 Å². The van der Waals surface area contributed by atoms with Crippen LogP contribution < -0.4 is 25.5 Å². The predicted molar refractivity (Wildman–Crippen MR) is 251 cm³/mol. The summed E-state index contributed by atoms with van der Waals surface area (Å²) >= 11 is 2.04. The van der Waals surface area contributed by atoms with Gasteiger partial charge in [0.25, 0.3) is 6.71 Å². The van der Waals surface area contributed by atoms with Crippen LogP contribution in [0.2, 0.25) is 0 Å². The standard InChI is InChI=1S/C53H55BN2S/c1-32-27-44-47-45(28-32)56(42-18-14-16-33-15-12-13-17-37(33)42)48-38-30-39-40(53(10,11)26-25-52(39,8)9)31-46(38)57-49(48)54(47)41-29-35(51(5,6)7)21-24-43(41)55(44)36-22-19-34(20-23-36)50(2,3)4/h12-24,27-31H,25-26H2,1-11H3. The van der Waals surface area contributed by atoms with Crippen LogP contribution in [0.15, 0.2) is 109 Å². The average Bonchev–Trinajstić information content (AvgIpc) is 3.53. The highest BCUT2D eigenvalue weighted by Crippen LogP contribution is 2.53. The fourth-order valence-corrected chi connectivity index (χ4v) is 11.5. The Morgan fingerprint density at radius 3 is 1.88 bits per heavy atom. The van der Waals surface area contributed by atoms with Gasteiger partial charge in [-0.2, -0.15) is 0 Å². The van der Waals surface area contributed by atoms with Gasteiger partial charge in [0, 0.05) is 43.0 Å². The Kier molecular flexibility index (Phi) is 7.77. The van der Waals surface area contributed by atoms with Crippen molar-refractivity contribution in [3.8, 4) is 0 Å². The number of aryl methyl sites for hydroxylation is 1. The molecule has 0 unspecified atom stereocenters. The average molecular weight is 763 g/mol. The molecule has 1 aromatic heterocycles. The summed E-state index contributed by atoms with van der Waals surface area (Å²) in [6.07, 6.45) is 2.40. The molecule has 3 aliphatic rings. The van der Waals surface area contributed by atoms with Gasteiger partial charge >= 0.3 is 0 Å². The lowest BCUT2D eigenvalue weighted by molar-refractivity contribution is 0.332. The van der Waals surface area contributed by atoms with Crippen LogP contribution in [-0.4, -0.2) is 6.71 Å². The third kappa shape index (κ3) is 5.49. The number of anilines is 6. The van der Waals surface area contributed by atoms with Gasteiger partial charge in [-0.15, -0.1) is 11.3 Å². The first-order chi connectivity index (χ1) is 26.9. The van der Waals surface area contributed by atoms with E-state index in [4.69, 9.17) is 0 Å². The van der Waals surface area contributed by atoms with Gasteiger partial charge < -0.3 is 9.80 Å². The lowest BCUT2D eigenvalue weighted by Gasteiger charge is -2.44. The molecule has 3 heterocycles. The Morgan fingerprint density at radius 2 is 1.19 bits per heavy atom. The first kappa shape index (κ1) is 36.5. The summed E-state index contributed by atoms with van der Waals surface area (Å²) in [4.78, 5) is 5.24. The maximum atomic E-state index is 2.67. The fraction of sp³-hybridized carbons (Fsp3) is 0.321. The molecule has 0 saturated carbocycles. The van der Waals surface area contributed by atoms with Crippen LogP contribution in [0.3, 0.4) is 0 Å². The number of fused-ring (bicyclic) bond motifs is 8. The minimum atomic E-state index is 0.00741. The SMILES string of the molecule is Cc1cc2c3c(c1)N(c1cccc4ccccc14)c1c(sc4cc5c(cc14)C(C)(C)CCC5(C)C)B3c1cc(C(C)(C)C)ccc1N2c1ccc(C(C)(C)C)cc1. The Balaban J connectivity index is 1.34. The van der Waals surface area contributed by atoms with Crippen LogP contribution in [0, 0.1) is 6.92 Å². The van der Waals surface area contributed by atoms with Crippen molar-refractivity contribution in [2.45, 2.75) is 111 Å². The molecule has 2 nitrogen and oxygen atoms in total. The fourth-order valence-electron chi connectivity index (χ4n) is 10.2. The van der Waals surface area contributed by atoms with Crippen molar-refractivity contribution in [2.75, 3.05) is 9.80 Å². The molecular weight excluding hydrogens is 707 g/mol. The molecule has 4 heteroatoms. The van der Waals surface area contributed by atoms with Gasteiger partial charge in [0.1, 0.15) is 0 Å². The third-order valence-electron chi connectivity index (χ3n) is 13.6. The van der Waals surface area contributed by atoms with Gasteiger partial charge in [0.05, 0.1) is 11.4 Å². The number of rotatable bonds is 2. The van der Waals surface area contributed by atoms with Crippen LogP contribution in [0.5, 0.6) is 0 Å². The summed E-state index contributed by atoms with van der Waals surface area (Å²) in [6, 6.07) is 42.7. The third-order valence-corrected chi connectivity index (χ3v) is 14.8. The summed E-state index contributed by atoms with van der Waals surface area (Å²) in [5.74, 6) is 0. The summed E-state index contributed by atoms with van der Waals surface area (Å²) < 4.78 is 2.85. The summed E-state index contributed by atoms with van der Waals surface area (Å²) in [7, 11) is 0. The minimum Gasteiger partial charge on any atom is -0.311 e. The van der Waals surface area contributed by atoms with Crippen molar-refractivity contribution in [3.05, 3.63) is 137 Å². The second kappa shape index (κ2) is 12.1. The second-order valence-electron chi connectivity index (χ2n) is 20.6. The number of nitrogens with zero attached hydrogens (tertiary/aromatic N) is 2. The summed E-state index contributed by atoms with van der Waals surface area (Å²) in [6.45, 7) is 26.2. The van der Waals surface area contributed by atoms with Gasteiger partial charge in [-0.3, -0.25) is 0 Å². The smallest absolute Gasteiger partial charge is 0.264 e. The van der Waals surface area contributed by atoms with Crippen molar-refractivity contribution >= 4 is 88.7 Å². The van der Waals surface area contributed by atoms with E-state index in [1.807, 2.05) is 11.3 Å².